The molecule has 7 nitrogen and oxygen atoms in total. The second-order valence-electron chi connectivity index (χ2n) is 7.61. The molecule has 2 aromatic carbocycles. The first-order valence-electron chi connectivity index (χ1n) is 10.4. The van der Waals surface area contributed by atoms with Gasteiger partial charge in [-0.1, -0.05) is 17.7 Å². The van der Waals surface area contributed by atoms with E-state index in [9.17, 15) is 4.79 Å². The molecule has 1 saturated heterocycles. The lowest BCUT2D eigenvalue weighted by Crippen LogP contribution is -2.35. The lowest BCUT2D eigenvalue weighted by Gasteiger charge is -2.26. The van der Waals surface area contributed by atoms with Crippen molar-refractivity contribution in [2.75, 3.05) is 23.7 Å². The minimum absolute atomic E-state index is 0.0613. The summed E-state index contributed by atoms with van der Waals surface area (Å²) >= 11 is 7.90. The fourth-order valence-electron chi connectivity index (χ4n) is 3.72. The van der Waals surface area contributed by atoms with Gasteiger partial charge in [0.15, 0.2) is 5.82 Å². The number of nitrogens with one attached hydrogen (secondary N) is 2. The molecule has 1 aliphatic heterocycles. The minimum Gasteiger partial charge on any atom is -0.339 e. The summed E-state index contributed by atoms with van der Waals surface area (Å²) in [7, 11) is 0. The fraction of sp³-hybridized carbons (Fsp3) is 0.217. The SMILES string of the molecule is O=C(c1cccc(Nc2ncc(Cl)c(Nc3ccc4ncsc4c3)n2)c1)N1CCCCC1. The number of nitrogens with zero attached hydrogens (tertiary/aromatic N) is 4. The number of thiazole rings is 1. The zero-order valence-electron chi connectivity index (χ0n) is 17.2. The Bertz CT molecular complexity index is 1270. The number of halogens is 1. The Morgan fingerprint density at radius 1 is 1.00 bits per heavy atom. The van der Waals surface area contributed by atoms with E-state index in [4.69, 9.17) is 11.6 Å². The Labute approximate surface area is 194 Å². The van der Waals surface area contributed by atoms with Gasteiger partial charge in [0.25, 0.3) is 5.91 Å². The molecule has 3 heterocycles. The van der Waals surface area contributed by atoms with Gasteiger partial charge in [-0.15, -0.1) is 11.3 Å². The second kappa shape index (κ2) is 9.10. The van der Waals surface area contributed by atoms with Gasteiger partial charge in [0, 0.05) is 30.0 Å². The third-order valence-corrected chi connectivity index (χ3v) is 6.42. The number of amides is 1. The van der Waals surface area contributed by atoms with E-state index < -0.39 is 0 Å². The molecule has 162 valence electrons. The van der Waals surface area contributed by atoms with E-state index in [1.165, 1.54) is 6.42 Å². The zero-order valence-corrected chi connectivity index (χ0v) is 18.8. The third kappa shape index (κ3) is 4.51. The van der Waals surface area contributed by atoms with Crippen molar-refractivity contribution in [3.63, 3.8) is 0 Å². The molecule has 1 fully saturated rings. The fourth-order valence-corrected chi connectivity index (χ4v) is 4.58. The lowest BCUT2D eigenvalue weighted by atomic mass is 10.1. The average Bonchev–Trinajstić information content (AvgIpc) is 3.29. The van der Waals surface area contributed by atoms with Crippen LogP contribution in [0.25, 0.3) is 10.2 Å². The molecular weight excluding hydrogens is 444 g/mol. The summed E-state index contributed by atoms with van der Waals surface area (Å²) in [6, 6.07) is 13.3. The topological polar surface area (TPSA) is 83.0 Å². The number of rotatable bonds is 5. The first-order chi connectivity index (χ1) is 15.7. The summed E-state index contributed by atoms with van der Waals surface area (Å²) in [6.45, 7) is 1.64. The Kier molecular flexibility index (Phi) is 5.87. The molecule has 9 heteroatoms. The highest BCUT2D eigenvalue weighted by atomic mass is 35.5. The molecule has 0 radical (unpaired) electrons. The van der Waals surface area contributed by atoms with Gasteiger partial charge in [0.2, 0.25) is 5.95 Å². The van der Waals surface area contributed by atoms with Crippen molar-refractivity contribution in [1.29, 1.82) is 0 Å². The van der Waals surface area contributed by atoms with E-state index in [1.807, 2.05) is 52.9 Å². The molecule has 0 spiro atoms. The predicted molar refractivity (Wildman–Crippen MR) is 129 cm³/mol. The summed E-state index contributed by atoms with van der Waals surface area (Å²) < 4.78 is 1.08. The quantitative estimate of drug-likeness (QED) is 0.385. The number of fused-ring (bicyclic) bond motifs is 1. The number of benzene rings is 2. The number of likely N-dealkylation sites (tertiary alicyclic amines) is 1. The molecule has 2 N–H and O–H groups in total. The van der Waals surface area contributed by atoms with E-state index in [1.54, 1.807) is 17.5 Å². The molecule has 0 saturated carbocycles. The highest BCUT2D eigenvalue weighted by Crippen LogP contribution is 2.28. The molecule has 5 rings (SSSR count). The zero-order chi connectivity index (χ0) is 21.9. The number of piperidine rings is 1. The number of carbonyl (C=O) groups is 1. The molecular formula is C23H21ClN6OS. The van der Waals surface area contributed by atoms with Gasteiger partial charge in [-0.05, 0) is 55.7 Å². The van der Waals surface area contributed by atoms with Gasteiger partial charge in [-0.25, -0.2) is 9.97 Å². The van der Waals surface area contributed by atoms with Crippen molar-refractivity contribution in [1.82, 2.24) is 19.9 Å². The van der Waals surface area contributed by atoms with Gasteiger partial charge in [0.1, 0.15) is 5.02 Å². The van der Waals surface area contributed by atoms with Crippen molar-refractivity contribution in [3.05, 3.63) is 64.8 Å². The minimum atomic E-state index is 0.0613. The van der Waals surface area contributed by atoms with Crippen molar-refractivity contribution in [2.45, 2.75) is 19.3 Å². The first-order valence-corrected chi connectivity index (χ1v) is 11.7. The summed E-state index contributed by atoms with van der Waals surface area (Å²) in [5.74, 6) is 0.943. The van der Waals surface area contributed by atoms with Gasteiger partial charge >= 0.3 is 0 Å². The summed E-state index contributed by atoms with van der Waals surface area (Å²) in [6.07, 6.45) is 4.86. The van der Waals surface area contributed by atoms with Crippen LogP contribution in [-0.4, -0.2) is 38.8 Å². The van der Waals surface area contributed by atoms with Crippen molar-refractivity contribution in [2.24, 2.45) is 0 Å². The Hall–Kier alpha value is -3.23. The van der Waals surface area contributed by atoms with Crippen LogP contribution in [0.15, 0.2) is 54.2 Å². The molecule has 1 aliphatic rings. The van der Waals surface area contributed by atoms with Gasteiger partial charge in [0.05, 0.1) is 21.9 Å². The number of anilines is 4. The van der Waals surface area contributed by atoms with Crippen molar-refractivity contribution < 1.29 is 4.79 Å². The Morgan fingerprint density at radius 3 is 2.72 bits per heavy atom. The second-order valence-corrected chi connectivity index (χ2v) is 8.90. The van der Waals surface area contributed by atoms with Crippen LogP contribution in [0.3, 0.4) is 0 Å². The average molecular weight is 465 g/mol. The maximum Gasteiger partial charge on any atom is 0.253 e. The van der Waals surface area contributed by atoms with Crippen LogP contribution in [0.5, 0.6) is 0 Å². The molecule has 0 bridgehead atoms. The van der Waals surface area contributed by atoms with Crippen LogP contribution in [0.2, 0.25) is 5.02 Å². The summed E-state index contributed by atoms with van der Waals surface area (Å²) in [4.78, 5) is 27.8. The molecule has 1 amide bonds. The molecule has 0 aliphatic carbocycles. The van der Waals surface area contributed by atoms with Crippen molar-refractivity contribution in [3.8, 4) is 0 Å². The first kappa shape index (κ1) is 20.7. The molecule has 0 unspecified atom stereocenters. The van der Waals surface area contributed by atoms with E-state index in [0.717, 1.165) is 47.5 Å². The molecule has 4 aromatic rings. The van der Waals surface area contributed by atoms with Crippen LogP contribution in [-0.2, 0) is 0 Å². The van der Waals surface area contributed by atoms with E-state index in [0.29, 0.717) is 22.4 Å². The molecule has 2 aromatic heterocycles. The van der Waals surface area contributed by atoms with E-state index in [-0.39, 0.29) is 5.91 Å². The van der Waals surface area contributed by atoms with E-state index >= 15 is 0 Å². The van der Waals surface area contributed by atoms with Gasteiger partial charge < -0.3 is 15.5 Å². The monoisotopic (exact) mass is 464 g/mol. The van der Waals surface area contributed by atoms with Crippen molar-refractivity contribution >= 4 is 62.2 Å². The smallest absolute Gasteiger partial charge is 0.253 e. The van der Waals surface area contributed by atoms with E-state index in [2.05, 4.69) is 25.6 Å². The molecule has 32 heavy (non-hydrogen) atoms. The number of carbonyl (C=O) groups excluding carboxylic acids is 1. The number of hydrogen-bond acceptors (Lipinski definition) is 7. The number of hydrogen-bond donors (Lipinski definition) is 2. The summed E-state index contributed by atoms with van der Waals surface area (Å²) in [5, 5.41) is 6.84. The standard InChI is InChI=1S/C23H21ClN6OS/c24-18-13-25-23(29-21(18)27-17-7-8-19-20(12-17)32-14-26-19)28-16-6-4-5-15(11-16)22(31)30-9-2-1-3-10-30/h4-8,11-14H,1-3,9-10H2,(H2,25,27,28,29). The normalized spacial score (nSPS) is 13.8. The van der Waals surface area contributed by atoms with Gasteiger partial charge in [-0.3, -0.25) is 4.79 Å². The van der Waals surface area contributed by atoms with Crippen LogP contribution in [0.1, 0.15) is 29.6 Å². The Morgan fingerprint density at radius 2 is 1.84 bits per heavy atom. The van der Waals surface area contributed by atoms with Crippen LogP contribution >= 0.6 is 22.9 Å². The number of aromatic nitrogens is 3. The van der Waals surface area contributed by atoms with Crippen LogP contribution in [0.4, 0.5) is 23.1 Å². The highest BCUT2D eigenvalue weighted by Gasteiger charge is 2.18. The maximum atomic E-state index is 12.8. The Balaban J connectivity index is 1.34. The predicted octanol–water partition coefficient (Wildman–Crippen LogP) is 5.85. The summed E-state index contributed by atoms with van der Waals surface area (Å²) in [5.41, 5.74) is 5.03. The lowest BCUT2D eigenvalue weighted by molar-refractivity contribution is 0.0724. The van der Waals surface area contributed by atoms with Crippen LogP contribution in [0, 0.1) is 0 Å². The highest BCUT2D eigenvalue weighted by molar-refractivity contribution is 7.16. The third-order valence-electron chi connectivity index (χ3n) is 5.35. The van der Waals surface area contributed by atoms with Crippen LogP contribution < -0.4 is 10.6 Å². The molecule has 0 atom stereocenters. The van der Waals surface area contributed by atoms with Gasteiger partial charge in [-0.2, -0.15) is 4.98 Å². The largest absolute Gasteiger partial charge is 0.339 e. The maximum absolute atomic E-state index is 12.8.